The van der Waals surface area contributed by atoms with E-state index in [4.69, 9.17) is 5.11 Å². The zero-order chi connectivity index (χ0) is 11.4. The molecule has 5 nitrogen and oxygen atoms in total. The van der Waals surface area contributed by atoms with Crippen LogP contribution >= 0.6 is 0 Å². The topological polar surface area (TPSA) is 78.4 Å². The Morgan fingerprint density at radius 2 is 2.13 bits per heavy atom. The Labute approximate surface area is 89.2 Å². The molecule has 1 rings (SSSR count). The van der Waals surface area contributed by atoms with E-state index in [1.807, 2.05) is 0 Å². The van der Waals surface area contributed by atoms with Crippen molar-refractivity contribution in [3.8, 4) is 0 Å². The van der Waals surface area contributed by atoms with Gasteiger partial charge in [-0.25, -0.2) is 4.79 Å². The fourth-order valence-electron chi connectivity index (χ4n) is 1.66. The molecule has 1 heterocycles. The summed E-state index contributed by atoms with van der Waals surface area (Å²) in [4.78, 5) is 22.5. The first-order chi connectivity index (χ1) is 7.02. The minimum absolute atomic E-state index is 0.0781. The zero-order valence-electron chi connectivity index (χ0n) is 9.12. The van der Waals surface area contributed by atoms with Crippen LogP contribution in [0.5, 0.6) is 0 Å². The minimum atomic E-state index is -0.968. The number of amides is 1. The summed E-state index contributed by atoms with van der Waals surface area (Å²) in [6.45, 7) is 5.05. The molecule has 0 bridgehead atoms. The molecule has 0 aromatic carbocycles. The van der Waals surface area contributed by atoms with Crippen LogP contribution in [-0.2, 0) is 9.59 Å². The minimum Gasteiger partial charge on any atom is -0.480 e. The monoisotopic (exact) mass is 214 g/mol. The van der Waals surface area contributed by atoms with E-state index in [1.165, 1.54) is 0 Å². The lowest BCUT2D eigenvalue weighted by Crippen LogP contribution is -2.47. The molecule has 1 saturated heterocycles. The summed E-state index contributed by atoms with van der Waals surface area (Å²) >= 11 is 0. The first-order valence-electron chi connectivity index (χ1n) is 5.26. The molecule has 0 spiro atoms. The van der Waals surface area contributed by atoms with Crippen LogP contribution in [0.15, 0.2) is 0 Å². The van der Waals surface area contributed by atoms with E-state index in [2.05, 4.69) is 10.6 Å². The number of hydrogen-bond acceptors (Lipinski definition) is 3. The molecule has 0 aliphatic carbocycles. The van der Waals surface area contributed by atoms with Crippen LogP contribution in [0, 0.1) is 11.8 Å². The highest BCUT2D eigenvalue weighted by molar-refractivity contribution is 5.85. The summed E-state index contributed by atoms with van der Waals surface area (Å²) in [5.74, 6) is -1.29. The van der Waals surface area contributed by atoms with Gasteiger partial charge in [-0.2, -0.15) is 0 Å². The van der Waals surface area contributed by atoms with Crippen LogP contribution < -0.4 is 10.6 Å². The van der Waals surface area contributed by atoms with Gasteiger partial charge < -0.3 is 15.7 Å². The third kappa shape index (κ3) is 3.20. The molecule has 0 aromatic heterocycles. The second kappa shape index (κ2) is 5.11. The van der Waals surface area contributed by atoms with Gasteiger partial charge in [-0.05, 0) is 18.9 Å². The summed E-state index contributed by atoms with van der Waals surface area (Å²) in [6, 6.07) is -0.780. The van der Waals surface area contributed by atoms with Gasteiger partial charge in [0.15, 0.2) is 0 Å². The van der Waals surface area contributed by atoms with Crippen molar-refractivity contribution in [3.63, 3.8) is 0 Å². The summed E-state index contributed by atoms with van der Waals surface area (Å²) in [5.41, 5.74) is 0. The number of hydrogen-bond donors (Lipinski definition) is 3. The molecular formula is C10H18N2O3. The molecule has 3 N–H and O–H groups in total. The van der Waals surface area contributed by atoms with Gasteiger partial charge in [0.1, 0.15) is 6.04 Å². The van der Waals surface area contributed by atoms with Crippen molar-refractivity contribution in [2.45, 2.75) is 26.3 Å². The third-order valence-corrected chi connectivity index (χ3v) is 2.66. The smallest absolute Gasteiger partial charge is 0.326 e. The lowest BCUT2D eigenvalue weighted by atomic mass is 10.0. The molecule has 5 heteroatoms. The average Bonchev–Trinajstić information content (AvgIpc) is 2.65. The highest BCUT2D eigenvalue weighted by Crippen LogP contribution is 2.09. The van der Waals surface area contributed by atoms with Crippen LogP contribution in [0.2, 0.25) is 0 Å². The highest BCUT2D eigenvalue weighted by atomic mass is 16.4. The van der Waals surface area contributed by atoms with Crippen LogP contribution in [-0.4, -0.2) is 36.1 Å². The van der Waals surface area contributed by atoms with E-state index in [9.17, 15) is 9.59 Å². The van der Waals surface area contributed by atoms with Gasteiger partial charge in [-0.15, -0.1) is 0 Å². The summed E-state index contributed by atoms with van der Waals surface area (Å²) < 4.78 is 0. The Morgan fingerprint density at radius 1 is 1.47 bits per heavy atom. The van der Waals surface area contributed by atoms with Gasteiger partial charge >= 0.3 is 5.97 Å². The molecule has 0 saturated carbocycles. The quantitative estimate of drug-likeness (QED) is 0.606. The van der Waals surface area contributed by atoms with Crippen molar-refractivity contribution >= 4 is 11.9 Å². The first kappa shape index (κ1) is 12.0. The second-order valence-corrected chi connectivity index (χ2v) is 4.26. The number of carboxylic acid groups (broad SMARTS) is 1. The van der Waals surface area contributed by atoms with Crippen LogP contribution in [0.4, 0.5) is 0 Å². The van der Waals surface area contributed by atoms with Crippen molar-refractivity contribution in [2.75, 3.05) is 13.1 Å². The first-order valence-corrected chi connectivity index (χ1v) is 5.26. The molecule has 2 atom stereocenters. The van der Waals surface area contributed by atoms with Crippen LogP contribution in [0.3, 0.4) is 0 Å². The number of rotatable bonds is 4. The Bertz CT molecular complexity index is 247. The van der Waals surface area contributed by atoms with Crippen molar-refractivity contribution < 1.29 is 14.7 Å². The number of aliphatic carboxylic acids is 1. The van der Waals surface area contributed by atoms with Gasteiger partial charge in [-0.1, -0.05) is 13.8 Å². The average molecular weight is 214 g/mol. The Hall–Kier alpha value is -1.10. The van der Waals surface area contributed by atoms with Crippen molar-refractivity contribution in [3.05, 3.63) is 0 Å². The number of carbonyl (C=O) groups excluding carboxylic acids is 1. The SMILES string of the molecule is CC(C)C(NC(=O)C1CCNC1)C(=O)O. The molecular weight excluding hydrogens is 196 g/mol. The molecule has 1 aliphatic heterocycles. The summed E-state index contributed by atoms with van der Waals surface area (Å²) in [6.07, 6.45) is 0.788. The van der Waals surface area contributed by atoms with Crippen molar-refractivity contribution in [1.82, 2.24) is 10.6 Å². The van der Waals surface area contributed by atoms with E-state index in [0.717, 1.165) is 13.0 Å². The van der Waals surface area contributed by atoms with E-state index in [-0.39, 0.29) is 17.7 Å². The molecule has 1 amide bonds. The molecule has 15 heavy (non-hydrogen) atoms. The zero-order valence-corrected chi connectivity index (χ0v) is 9.12. The summed E-state index contributed by atoms with van der Waals surface area (Å²) in [5, 5.41) is 14.6. The third-order valence-electron chi connectivity index (χ3n) is 2.66. The van der Waals surface area contributed by atoms with Crippen LogP contribution in [0.25, 0.3) is 0 Å². The molecule has 1 aliphatic rings. The Morgan fingerprint density at radius 3 is 2.53 bits per heavy atom. The second-order valence-electron chi connectivity index (χ2n) is 4.26. The predicted molar refractivity (Wildman–Crippen MR) is 55.4 cm³/mol. The lowest BCUT2D eigenvalue weighted by molar-refractivity contribution is -0.143. The fourth-order valence-corrected chi connectivity index (χ4v) is 1.66. The van der Waals surface area contributed by atoms with Crippen molar-refractivity contribution in [1.29, 1.82) is 0 Å². The molecule has 2 unspecified atom stereocenters. The van der Waals surface area contributed by atoms with Gasteiger partial charge in [0.05, 0.1) is 5.92 Å². The van der Waals surface area contributed by atoms with Crippen molar-refractivity contribution in [2.24, 2.45) is 11.8 Å². The Kier molecular flexibility index (Phi) is 4.08. The van der Waals surface area contributed by atoms with E-state index < -0.39 is 12.0 Å². The molecule has 86 valence electrons. The largest absolute Gasteiger partial charge is 0.480 e. The van der Waals surface area contributed by atoms with Gasteiger partial charge in [0, 0.05) is 6.54 Å². The highest BCUT2D eigenvalue weighted by Gasteiger charge is 2.28. The molecule has 0 radical (unpaired) electrons. The van der Waals surface area contributed by atoms with E-state index in [1.54, 1.807) is 13.8 Å². The predicted octanol–water partition coefficient (Wildman–Crippen LogP) is -0.179. The van der Waals surface area contributed by atoms with Gasteiger partial charge in [0.2, 0.25) is 5.91 Å². The maximum atomic E-state index is 11.7. The number of carboxylic acids is 1. The lowest BCUT2D eigenvalue weighted by Gasteiger charge is -2.19. The summed E-state index contributed by atoms with van der Waals surface area (Å²) in [7, 11) is 0. The standard InChI is InChI=1S/C10H18N2O3/c1-6(2)8(10(14)15)12-9(13)7-3-4-11-5-7/h6-8,11H,3-5H2,1-2H3,(H,12,13)(H,14,15). The van der Waals surface area contributed by atoms with E-state index >= 15 is 0 Å². The maximum Gasteiger partial charge on any atom is 0.326 e. The van der Waals surface area contributed by atoms with Gasteiger partial charge in [-0.3, -0.25) is 4.79 Å². The molecule has 1 fully saturated rings. The Balaban J connectivity index is 2.50. The van der Waals surface area contributed by atoms with Crippen LogP contribution in [0.1, 0.15) is 20.3 Å². The van der Waals surface area contributed by atoms with Gasteiger partial charge in [0.25, 0.3) is 0 Å². The normalized spacial score (nSPS) is 22.7. The molecule has 0 aromatic rings. The maximum absolute atomic E-state index is 11.7. The number of carbonyl (C=O) groups is 2. The number of nitrogens with one attached hydrogen (secondary N) is 2. The fraction of sp³-hybridized carbons (Fsp3) is 0.800. The van der Waals surface area contributed by atoms with E-state index in [0.29, 0.717) is 6.54 Å².